The molecule has 0 spiro atoms. The average molecular weight is 269 g/mol. The second-order valence-electron chi connectivity index (χ2n) is 4.40. The third-order valence-corrected chi connectivity index (χ3v) is 4.98. The number of para-hydroxylation sites is 1. The molecule has 0 atom stereocenters. The quantitative estimate of drug-likeness (QED) is 0.840. The van der Waals surface area contributed by atoms with Crippen LogP contribution in [-0.4, -0.2) is 31.6 Å². The number of benzene rings is 1. The number of nitrogens with zero attached hydrogens (tertiary/aromatic N) is 1. The molecule has 0 aliphatic carbocycles. The molecule has 100 valence electrons. The predicted octanol–water partition coefficient (Wildman–Crippen LogP) is 2.01. The maximum absolute atomic E-state index is 11.9. The fraction of sp³-hybridized carbons (Fsp3) is 0.538. The Morgan fingerprint density at radius 1 is 1.28 bits per heavy atom. The molecule has 1 aromatic carbocycles. The third-order valence-electron chi connectivity index (χ3n) is 3.07. The first kappa shape index (κ1) is 13.4. The van der Waals surface area contributed by atoms with Gasteiger partial charge >= 0.3 is 0 Å². The summed E-state index contributed by atoms with van der Waals surface area (Å²) in [4.78, 5) is 0. The van der Waals surface area contributed by atoms with E-state index >= 15 is 0 Å². The van der Waals surface area contributed by atoms with E-state index in [0.717, 1.165) is 24.2 Å². The first-order valence-electron chi connectivity index (χ1n) is 6.32. The van der Waals surface area contributed by atoms with Gasteiger partial charge in [0.2, 0.25) is 10.0 Å². The molecule has 1 aromatic rings. The van der Waals surface area contributed by atoms with Crippen molar-refractivity contribution in [3.63, 3.8) is 0 Å². The van der Waals surface area contributed by atoms with Gasteiger partial charge in [0.25, 0.3) is 0 Å². The largest absolute Gasteiger partial charge is 0.494 e. The fourth-order valence-electron chi connectivity index (χ4n) is 2.14. The summed E-state index contributed by atoms with van der Waals surface area (Å²) in [6, 6.07) is 7.62. The summed E-state index contributed by atoms with van der Waals surface area (Å²) in [5.41, 5.74) is 0.935. The van der Waals surface area contributed by atoms with E-state index in [1.807, 2.05) is 31.2 Å². The smallest absolute Gasteiger partial charge is 0.214 e. The number of hydrogen-bond donors (Lipinski definition) is 0. The Balaban J connectivity index is 2.18. The standard InChI is InChI=1S/C13H19NO3S/c1-2-17-13-8-4-3-7-12(13)11-14-9-5-6-10-18(14,15)16/h3-4,7-8H,2,5-6,9-11H2,1H3. The van der Waals surface area contributed by atoms with Gasteiger partial charge in [-0.3, -0.25) is 0 Å². The Morgan fingerprint density at radius 3 is 2.78 bits per heavy atom. The fourth-order valence-corrected chi connectivity index (χ4v) is 3.71. The summed E-state index contributed by atoms with van der Waals surface area (Å²) in [6.45, 7) is 3.54. The summed E-state index contributed by atoms with van der Waals surface area (Å²) >= 11 is 0. The van der Waals surface area contributed by atoms with Crippen LogP contribution >= 0.6 is 0 Å². The van der Waals surface area contributed by atoms with Crippen LogP contribution < -0.4 is 4.74 Å². The predicted molar refractivity (Wildman–Crippen MR) is 71.0 cm³/mol. The summed E-state index contributed by atoms with van der Waals surface area (Å²) in [6.07, 6.45) is 1.71. The lowest BCUT2D eigenvalue weighted by Gasteiger charge is -2.26. The first-order chi connectivity index (χ1) is 8.63. The first-order valence-corrected chi connectivity index (χ1v) is 7.93. The summed E-state index contributed by atoms with van der Waals surface area (Å²) < 4.78 is 31.0. The maximum Gasteiger partial charge on any atom is 0.214 e. The topological polar surface area (TPSA) is 46.6 Å². The van der Waals surface area contributed by atoms with E-state index in [0.29, 0.717) is 19.7 Å². The number of hydrogen-bond acceptors (Lipinski definition) is 3. The molecular formula is C13H19NO3S. The lowest BCUT2D eigenvalue weighted by Crippen LogP contribution is -2.37. The Labute approximate surface area is 109 Å². The highest BCUT2D eigenvalue weighted by Gasteiger charge is 2.26. The van der Waals surface area contributed by atoms with Gasteiger partial charge < -0.3 is 4.74 Å². The average Bonchev–Trinajstić information content (AvgIpc) is 2.34. The van der Waals surface area contributed by atoms with Crippen molar-refractivity contribution >= 4 is 10.0 Å². The minimum Gasteiger partial charge on any atom is -0.494 e. The highest BCUT2D eigenvalue weighted by Crippen LogP contribution is 2.23. The van der Waals surface area contributed by atoms with Crippen molar-refractivity contribution in [1.82, 2.24) is 4.31 Å². The normalized spacial score (nSPS) is 19.6. The van der Waals surface area contributed by atoms with E-state index in [2.05, 4.69) is 0 Å². The summed E-state index contributed by atoms with van der Waals surface area (Å²) in [5.74, 6) is 1.05. The van der Waals surface area contributed by atoms with Crippen LogP contribution in [0.2, 0.25) is 0 Å². The Hall–Kier alpha value is -1.07. The molecule has 1 saturated heterocycles. The highest BCUT2D eigenvalue weighted by molar-refractivity contribution is 7.89. The van der Waals surface area contributed by atoms with Crippen molar-refractivity contribution in [2.75, 3.05) is 18.9 Å². The van der Waals surface area contributed by atoms with Crippen molar-refractivity contribution < 1.29 is 13.2 Å². The van der Waals surface area contributed by atoms with Crippen molar-refractivity contribution in [2.45, 2.75) is 26.3 Å². The summed E-state index contributed by atoms with van der Waals surface area (Å²) in [7, 11) is -3.08. The highest BCUT2D eigenvalue weighted by atomic mass is 32.2. The van der Waals surface area contributed by atoms with Crippen LogP contribution in [0.25, 0.3) is 0 Å². The SMILES string of the molecule is CCOc1ccccc1CN1CCCCS1(=O)=O. The molecule has 1 aliphatic heterocycles. The van der Waals surface area contributed by atoms with Gasteiger partial charge in [-0.1, -0.05) is 18.2 Å². The van der Waals surface area contributed by atoms with E-state index in [9.17, 15) is 8.42 Å². The van der Waals surface area contributed by atoms with Gasteiger partial charge in [0.15, 0.2) is 0 Å². The van der Waals surface area contributed by atoms with Crippen LogP contribution in [0.4, 0.5) is 0 Å². The van der Waals surface area contributed by atoms with Crippen LogP contribution in [0.3, 0.4) is 0 Å². The van der Waals surface area contributed by atoms with E-state index in [1.165, 1.54) is 0 Å². The zero-order valence-corrected chi connectivity index (χ0v) is 11.4. The van der Waals surface area contributed by atoms with Gasteiger partial charge in [-0.2, -0.15) is 4.31 Å². The van der Waals surface area contributed by atoms with Crippen molar-refractivity contribution in [1.29, 1.82) is 0 Å². The summed E-state index contributed by atoms with van der Waals surface area (Å²) in [5, 5.41) is 0. The van der Waals surface area contributed by atoms with E-state index in [-0.39, 0.29) is 5.75 Å². The van der Waals surface area contributed by atoms with Gasteiger partial charge in [-0.05, 0) is 25.8 Å². The Morgan fingerprint density at radius 2 is 2.06 bits per heavy atom. The van der Waals surface area contributed by atoms with Crippen molar-refractivity contribution in [2.24, 2.45) is 0 Å². The van der Waals surface area contributed by atoms with Gasteiger partial charge in [0, 0.05) is 18.7 Å². The molecule has 1 heterocycles. The van der Waals surface area contributed by atoms with Crippen LogP contribution in [-0.2, 0) is 16.6 Å². The van der Waals surface area contributed by atoms with Crippen LogP contribution in [0.15, 0.2) is 24.3 Å². The zero-order valence-electron chi connectivity index (χ0n) is 10.6. The van der Waals surface area contributed by atoms with E-state index in [1.54, 1.807) is 4.31 Å². The van der Waals surface area contributed by atoms with Crippen molar-refractivity contribution in [3.05, 3.63) is 29.8 Å². The van der Waals surface area contributed by atoms with Crippen LogP contribution in [0.1, 0.15) is 25.3 Å². The Bertz CT molecular complexity index is 499. The monoisotopic (exact) mass is 269 g/mol. The molecule has 2 rings (SSSR count). The van der Waals surface area contributed by atoms with E-state index < -0.39 is 10.0 Å². The molecule has 5 heteroatoms. The third kappa shape index (κ3) is 3.03. The second kappa shape index (κ2) is 5.71. The van der Waals surface area contributed by atoms with E-state index in [4.69, 9.17) is 4.74 Å². The molecular weight excluding hydrogens is 250 g/mol. The van der Waals surface area contributed by atoms with Crippen LogP contribution in [0, 0.1) is 0 Å². The molecule has 4 nitrogen and oxygen atoms in total. The molecule has 0 radical (unpaired) electrons. The minimum atomic E-state index is -3.08. The molecule has 0 N–H and O–H groups in total. The molecule has 0 amide bonds. The Kier molecular flexibility index (Phi) is 4.24. The molecule has 0 saturated carbocycles. The molecule has 0 aromatic heterocycles. The minimum absolute atomic E-state index is 0.268. The van der Waals surface area contributed by atoms with Gasteiger partial charge in [-0.25, -0.2) is 8.42 Å². The van der Waals surface area contributed by atoms with Gasteiger partial charge in [-0.15, -0.1) is 0 Å². The lowest BCUT2D eigenvalue weighted by molar-refractivity contribution is 0.325. The number of ether oxygens (including phenoxy) is 1. The lowest BCUT2D eigenvalue weighted by atomic mass is 10.2. The number of rotatable bonds is 4. The zero-order chi connectivity index (χ0) is 13.0. The molecule has 1 aliphatic rings. The maximum atomic E-state index is 11.9. The van der Waals surface area contributed by atoms with Crippen molar-refractivity contribution in [3.8, 4) is 5.75 Å². The van der Waals surface area contributed by atoms with Gasteiger partial charge in [0.1, 0.15) is 5.75 Å². The molecule has 0 bridgehead atoms. The molecule has 18 heavy (non-hydrogen) atoms. The molecule has 1 fully saturated rings. The van der Waals surface area contributed by atoms with Crippen LogP contribution in [0.5, 0.6) is 5.75 Å². The molecule has 0 unspecified atom stereocenters. The number of sulfonamides is 1. The second-order valence-corrected chi connectivity index (χ2v) is 6.49. The van der Waals surface area contributed by atoms with Gasteiger partial charge in [0.05, 0.1) is 12.4 Å².